The summed E-state index contributed by atoms with van der Waals surface area (Å²) in [5, 5.41) is 11.4. The minimum atomic E-state index is -0.249. The standard InChI is InChI=1S/C12H23N3O3/c1-3-15(8-5-10(13)14-17)11(16)9-12(18-2)6-4-7-12/h17H,3-9H2,1-2H3,(H2,13,14). The van der Waals surface area contributed by atoms with Crippen molar-refractivity contribution in [2.45, 2.75) is 44.6 Å². The Morgan fingerprint density at radius 2 is 2.22 bits per heavy atom. The van der Waals surface area contributed by atoms with E-state index in [1.54, 1.807) is 12.0 Å². The van der Waals surface area contributed by atoms with Gasteiger partial charge in [0, 0.05) is 26.6 Å². The molecule has 6 nitrogen and oxygen atoms in total. The van der Waals surface area contributed by atoms with Gasteiger partial charge in [-0.2, -0.15) is 0 Å². The molecule has 1 fully saturated rings. The second-order valence-electron chi connectivity index (χ2n) is 4.73. The monoisotopic (exact) mass is 257 g/mol. The van der Waals surface area contributed by atoms with Crippen LogP contribution < -0.4 is 5.73 Å². The molecule has 0 bridgehead atoms. The molecular formula is C12H23N3O3. The van der Waals surface area contributed by atoms with Gasteiger partial charge in [-0.05, 0) is 26.2 Å². The molecule has 0 heterocycles. The molecule has 0 aromatic carbocycles. The summed E-state index contributed by atoms with van der Waals surface area (Å²) in [6.45, 7) is 3.02. The van der Waals surface area contributed by atoms with E-state index in [9.17, 15) is 4.79 Å². The molecule has 1 saturated carbocycles. The highest BCUT2D eigenvalue weighted by Crippen LogP contribution is 2.38. The van der Waals surface area contributed by atoms with Crippen molar-refractivity contribution < 1.29 is 14.7 Å². The lowest BCUT2D eigenvalue weighted by Gasteiger charge is -2.41. The van der Waals surface area contributed by atoms with Crippen molar-refractivity contribution in [1.29, 1.82) is 0 Å². The van der Waals surface area contributed by atoms with Crippen LogP contribution >= 0.6 is 0 Å². The van der Waals surface area contributed by atoms with E-state index < -0.39 is 0 Å². The molecule has 0 radical (unpaired) electrons. The molecule has 0 aromatic rings. The molecule has 3 N–H and O–H groups in total. The number of amidine groups is 1. The summed E-state index contributed by atoms with van der Waals surface area (Å²) in [6.07, 6.45) is 3.83. The fourth-order valence-electron chi connectivity index (χ4n) is 2.17. The van der Waals surface area contributed by atoms with Gasteiger partial charge in [0.1, 0.15) is 5.84 Å². The Morgan fingerprint density at radius 1 is 1.56 bits per heavy atom. The Hall–Kier alpha value is -1.30. The van der Waals surface area contributed by atoms with E-state index in [0.717, 1.165) is 19.3 Å². The molecule has 1 aliphatic carbocycles. The number of hydrogen-bond acceptors (Lipinski definition) is 4. The van der Waals surface area contributed by atoms with Gasteiger partial charge in [-0.1, -0.05) is 5.16 Å². The zero-order valence-electron chi connectivity index (χ0n) is 11.2. The smallest absolute Gasteiger partial charge is 0.225 e. The summed E-state index contributed by atoms with van der Waals surface area (Å²) in [5.41, 5.74) is 5.16. The molecule has 104 valence electrons. The van der Waals surface area contributed by atoms with Crippen LogP contribution in [0.5, 0.6) is 0 Å². The van der Waals surface area contributed by atoms with Gasteiger partial charge in [0.05, 0.1) is 12.0 Å². The first-order chi connectivity index (χ1) is 8.56. The number of ether oxygens (including phenoxy) is 1. The van der Waals surface area contributed by atoms with Crippen LogP contribution in [0.3, 0.4) is 0 Å². The van der Waals surface area contributed by atoms with Crippen LogP contribution in [0.25, 0.3) is 0 Å². The van der Waals surface area contributed by atoms with E-state index >= 15 is 0 Å². The van der Waals surface area contributed by atoms with E-state index in [1.165, 1.54) is 0 Å². The first kappa shape index (κ1) is 14.8. The van der Waals surface area contributed by atoms with Gasteiger partial charge >= 0.3 is 0 Å². The minimum Gasteiger partial charge on any atom is -0.409 e. The molecule has 1 rings (SSSR count). The Morgan fingerprint density at radius 3 is 2.61 bits per heavy atom. The quantitative estimate of drug-likeness (QED) is 0.307. The molecule has 0 saturated heterocycles. The fraction of sp³-hybridized carbons (Fsp3) is 0.833. The van der Waals surface area contributed by atoms with Crippen LogP contribution in [-0.4, -0.2) is 47.7 Å². The molecular weight excluding hydrogens is 234 g/mol. The first-order valence-corrected chi connectivity index (χ1v) is 6.36. The van der Waals surface area contributed by atoms with Gasteiger partial charge in [-0.25, -0.2) is 0 Å². The van der Waals surface area contributed by atoms with Crippen LogP contribution in [0.2, 0.25) is 0 Å². The largest absolute Gasteiger partial charge is 0.409 e. The molecule has 6 heteroatoms. The number of carbonyl (C=O) groups excluding carboxylic acids is 1. The molecule has 0 unspecified atom stereocenters. The summed E-state index contributed by atoms with van der Waals surface area (Å²) in [5.74, 6) is 0.219. The lowest BCUT2D eigenvalue weighted by molar-refractivity contribution is -0.143. The summed E-state index contributed by atoms with van der Waals surface area (Å²) in [4.78, 5) is 13.9. The number of rotatable bonds is 7. The maximum absolute atomic E-state index is 12.1. The number of nitrogens with zero attached hydrogens (tertiary/aromatic N) is 2. The van der Waals surface area contributed by atoms with Crippen molar-refractivity contribution in [2.75, 3.05) is 20.2 Å². The van der Waals surface area contributed by atoms with Gasteiger partial charge in [-0.3, -0.25) is 4.79 Å². The third-order valence-electron chi connectivity index (χ3n) is 3.67. The third-order valence-corrected chi connectivity index (χ3v) is 3.67. The highest BCUT2D eigenvalue weighted by Gasteiger charge is 2.39. The normalized spacial score (nSPS) is 18.2. The average molecular weight is 257 g/mol. The van der Waals surface area contributed by atoms with Crippen molar-refractivity contribution in [3.8, 4) is 0 Å². The number of oxime groups is 1. The van der Waals surface area contributed by atoms with E-state index in [1.807, 2.05) is 6.92 Å². The Balaban J connectivity index is 2.46. The zero-order valence-corrected chi connectivity index (χ0v) is 11.2. The van der Waals surface area contributed by atoms with Crippen LogP contribution in [0.4, 0.5) is 0 Å². The van der Waals surface area contributed by atoms with Gasteiger partial charge in [0.25, 0.3) is 0 Å². The van der Waals surface area contributed by atoms with Gasteiger partial charge in [-0.15, -0.1) is 0 Å². The molecule has 18 heavy (non-hydrogen) atoms. The predicted octanol–water partition coefficient (Wildman–Crippen LogP) is 0.931. The molecule has 0 atom stereocenters. The van der Waals surface area contributed by atoms with Crippen molar-refractivity contribution >= 4 is 11.7 Å². The highest BCUT2D eigenvalue weighted by molar-refractivity contribution is 5.81. The lowest BCUT2D eigenvalue weighted by atomic mass is 9.77. The van der Waals surface area contributed by atoms with E-state index in [4.69, 9.17) is 15.7 Å². The third kappa shape index (κ3) is 3.60. The van der Waals surface area contributed by atoms with Crippen LogP contribution in [0.1, 0.15) is 39.0 Å². The Labute approximate surface area is 108 Å². The molecule has 0 spiro atoms. The van der Waals surface area contributed by atoms with Gasteiger partial charge in [0.2, 0.25) is 5.91 Å². The predicted molar refractivity (Wildman–Crippen MR) is 68.5 cm³/mol. The number of amides is 1. The minimum absolute atomic E-state index is 0.0739. The topological polar surface area (TPSA) is 88.1 Å². The highest BCUT2D eigenvalue weighted by atomic mass is 16.5. The second kappa shape index (κ2) is 6.58. The summed E-state index contributed by atoms with van der Waals surface area (Å²) in [6, 6.07) is 0. The van der Waals surface area contributed by atoms with Gasteiger partial charge < -0.3 is 20.6 Å². The maximum atomic E-state index is 12.1. The van der Waals surface area contributed by atoms with Crippen molar-refractivity contribution in [3.63, 3.8) is 0 Å². The average Bonchev–Trinajstić information content (AvgIpc) is 2.34. The van der Waals surface area contributed by atoms with Crippen molar-refractivity contribution in [1.82, 2.24) is 4.90 Å². The van der Waals surface area contributed by atoms with Crippen LogP contribution in [-0.2, 0) is 9.53 Å². The van der Waals surface area contributed by atoms with Crippen LogP contribution in [0.15, 0.2) is 5.16 Å². The van der Waals surface area contributed by atoms with E-state index in [0.29, 0.717) is 25.9 Å². The Kier molecular flexibility index (Phi) is 5.40. The summed E-state index contributed by atoms with van der Waals surface area (Å²) < 4.78 is 5.45. The first-order valence-electron chi connectivity index (χ1n) is 6.36. The Bertz CT molecular complexity index is 308. The summed E-state index contributed by atoms with van der Waals surface area (Å²) >= 11 is 0. The van der Waals surface area contributed by atoms with E-state index in [-0.39, 0.29) is 17.3 Å². The number of carbonyl (C=O) groups is 1. The number of methoxy groups -OCH3 is 1. The fourth-order valence-corrected chi connectivity index (χ4v) is 2.17. The SMILES string of the molecule is CCN(CCC(N)=NO)C(=O)CC1(OC)CCC1. The summed E-state index contributed by atoms with van der Waals surface area (Å²) in [7, 11) is 1.67. The molecule has 1 aliphatic rings. The van der Waals surface area contributed by atoms with Crippen molar-refractivity contribution in [2.24, 2.45) is 10.9 Å². The maximum Gasteiger partial charge on any atom is 0.225 e. The van der Waals surface area contributed by atoms with Crippen molar-refractivity contribution in [3.05, 3.63) is 0 Å². The molecule has 1 amide bonds. The van der Waals surface area contributed by atoms with Gasteiger partial charge in [0.15, 0.2) is 0 Å². The second-order valence-corrected chi connectivity index (χ2v) is 4.73. The van der Waals surface area contributed by atoms with Crippen LogP contribution in [0, 0.1) is 0 Å². The lowest BCUT2D eigenvalue weighted by Crippen LogP contribution is -2.45. The molecule has 0 aromatic heterocycles. The number of hydrogen-bond donors (Lipinski definition) is 2. The zero-order chi connectivity index (χ0) is 13.6. The molecule has 0 aliphatic heterocycles. The number of nitrogens with two attached hydrogens (primary N) is 1. The van der Waals surface area contributed by atoms with E-state index in [2.05, 4.69) is 5.16 Å².